The van der Waals surface area contributed by atoms with Crippen LogP contribution in [0.4, 0.5) is 11.5 Å². The molecule has 0 saturated carbocycles. The number of nitrogens with one attached hydrogen (secondary N) is 1. The molecule has 3 rings (SSSR count). The van der Waals surface area contributed by atoms with Crippen molar-refractivity contribution in [2.45, 2.75) is 6.92 Å². The number of anilines is 2. The molecule has 104 valence electrons. The number of nitrogens with zero attached hydrogens (tertiary/aromatic N) is 2. The Labute approximate surface area is 132 Å². The zero-order valence-electron chi connectivity index (χ0n) is 11.5. The van der Waals surface area contributed by atoms with Crippen LogP contribution in [0, 0.1) is 6.92 Å². The van der Waals surface area contributed by atoms with Crippen LogP contribution < -0.4 is 5.32 Å². The molecule has 0 aliphatic heterocycles. The normalized spacial score (nSPS) is 10.4. The molecule has 4 heteroatoms. The largest absolute Gasteiger partial charge is 0.340 e. The molecular weight excluding hydrogens is 326 g/mol. The summed E-state index contributed by atoms with van der Waals surface area (Å²) in [5.41, 5.74) is 2.94. The molecule has 1 aromatic heterocycles. The molecule has 0 fully saturated rings. The van der Waals surface area contributed by atoms with E-state index in [1.54, 1.807) is 0 Å². The van der Waals surface area contributed by atoms with E-state index in [1.165, 1.54) is 0 Å². The molecule has 21 heavy (non-hydrogen) atoms. The molecular formula is C17H14BrN3. The van der Waals surface area contributed by atoms with Gasteiger partial charge in [0, 0.05) is 27.5 Å². The highest BCUT2D eigenvalue weighted by Gasteiger charge is 2.05. The van der Waals surface area contributed by atoms with E-state index in [9.17, 15) is 0 Å². The lowest BCUT2D eigenvalue weighted by atomic mass is 10.2. The maximum atomic E-state index is 4.59. The highest BCUT2D eigenvalue weighted by atomic mass is 79.9. The SMILES string of the molecule is Cc1cc(Nc2ccccc2)nc(-c2ccc(Br)cc2)n1. The number of hydrogen-bond acceptors (Lipinski definition) is 3. The zero-order valence-corrected chi connectivity index (χ0v) is 13.1. The molecule has 1 heterocycles. The number of aromatic nitrogens is 2. The summed E-state index contributed by atoms with van der Waals surface area (Å²) in [5, 5.41) is 3.31. The Morgan fingerprint density at radius 3 is 2.33 bits per heavy atom. The maximum Gasteiger partial charge on any atom is 0.161 e. The minimum Gasteiger partial charge on any atom is -0.340 e. The van der Waals surface area contributed by atoms with Gasteiger partial charge in [-0.25, -0.2) is 9.97 Å². The zero-order chi connectivity index (χ0) is 14.7. The van der Waals surface area contributed by atoms with E-state index in [2.05, 4.69) is 31.2 Å². The molecule has 0 spiro atoms. The molecule has 0 amide bonds. The van der Waals surface area contributed by atoms with E-state index in [0.717, 1.165) is 33.1 Å². The van der Waals surface area contributed by atoms with Crippen molar-refractivity contribution in [1.29, 1.82) is 0 Å². The first-order chi connectivity index (χ1) is 10.2. The van der Waals surface area contributed by atoms with E-state index in [4.69, 9.17) is 0 Å². The quantitative estimate of drug-likeness (QED) is 0.732. The van der Waals surface area contributed by atoms with Gasteiger partial charge in [-0.15, -0.1) is 0 Å². The van der Waals surface area contributed by atoms with Crippen LogP contribution in [0.15, 0.2) is 65.1 Å². The smallest absolute Gasteiger partial charge is 0.161 e. The lowest BCUT2D eigenvalue weighted by Gasteiger charge is -2.08. The summed E-state index contributed by atoms with van der Waals surface area (Å²) in [6.45, 7) is 1.97. The fourth-order valence-electron chi connectivity index (χ4n) is 2.03. The minimum absolute atomic E-state index is 0.723. The van der Waals surface area contributed by atoms with Gasteiger partial charge in [0.25, 0.3) is 0 Å². The van der Waals surface area contributed by atoms with E-state index >= 15 is 0 Å². The van der Waals surface area contributed by atoms with Crippen molar-refractivity contribution in [3.05, 3.63) is 70.8 Å². The summed E-state index contributed by atoms with van der Waals surface area (Å²) in [5.74, 6) is 1.52. The number of para-hydroxylation sites is 1. The van der Waals surface area contributed by atoms with E-state index < -0.39 is 0 Å². The molecule has 0 aliphatic rings. The van der Waals surface area contributed by atoms with Crippen LogP contribution in [0.1, 0.15) is 5.69 Å². The van der Waals surface area contributed by atoms with Gasteiger partial charge in [-0.2, -0.15) is 0 Å². The number of benzene rings is 2. The average Bonchev–Trinajstić information content (AvgIpc) is 2.48. The Morgan fingerprint density at radius 2 is 1.62 bits per heavy atom. The van der Waals surface area contributed by atoms with Crippen molar-refractivity contribution in [3.8, 4) is 11.4 Å². The Balaban J connectivity index is 1.94. The molecule has 2 aromatic carbocycles. The van der Waals surface area contributed by atoms with E-state index in [-0.39, 0.29) is 0 Å². The van der Waals surface area contributed by atoms with Gasteiger partial charge in [0.1, 0.15) is 5.82 Å². The molecule has 0 saturated heterocycles. The van der Waals surface area contributed by atoms with Gasteiger partial charge in [0.15, 0.2) is 5.82 Å². The molecule has 1 N–H and O–H groups in total. The van der Waals surface area contributed by atoms with Crippen LogP contribution in [0.25, 0.3) is 11.4 Å². The molecule has 0 atom stereocenters. The second-order valence-corrected chi connectivity index (χ2v) is 5.63. The monoisotopic (exact) mass is 339 g/mol. The summed E-state index contributed by atoms with van der Waals surface area (Å²) < 4.78 is 1.04. The Bertz CT molecular complexity index is 740. The number of aryl methyl sites for hydroxylation is 1. The Morgan fingerprint density at radius 1 is 0.905 bits per heavy atom. The third kappa shape index (κ3) is 3.47. The average molecular weight is 340 g/mol. The van der Waals surface area contributed by atoms with Gasteiger partial charge < -0.3 is 5.32 Å². The minimum atomic E-state index is 0.723. The lowest BCUT2D eigenvalue weighted by Crippen LogP contribution is -1.98. The van der Waals surface area contributed by atoms with Crippen LogP contribution in [0.3, 0.4) is 0 Å². The summed E-state index contributed by atoms with van der Waals surface area (Å²) in [4.78, 5) is 9.10. The van der Waals surface area contributed by atoms with E-state index in [1.807, 2.05) is 67.6 Å². The van der Waals surface area contributed by atoms with Crippen LogP contribution in [0.2, 0.25) is 0 Å². The topological polar surface area (TPSA) is 37.8 Å². The highest BCUT2D eigenvalue weighted by Crippen LogP contribution is 2.22. The predicted octanol–water partition coefficient (Wildman–Crippen LogP) is 4.96. The second kappa shape index (κ2) is 6.06. The second-order valence-electron chi connectivity index (χ2n) is 4.72. The molecule has 0 bridgehead atoms. The summed E-state index contributed by atoms with van der Waals surface area (Å²) in [6.07, 6.45) is 0. The van der Waals surface area contributed by atoms with Gasteiger partial charge in [-0.05, 0) is 31.2 Å². The van der Waals surface area contributed by atoms with Gasteiger partial charge >= 0.3 is 0 Å². The van der Waals surface area contributed by atoms with Gasteiger partial charge in [0.2, 0.25) is 0 Å². The predicted molar refractivity (Wildman–Crippen MR) is 89.6 cm³/mol. The van der Waals surface area contributed by atoms with Crippen molar-refractivity contribution in [2.75, 3.05) is 5.32 Å². The number of hydrogen-bond donors (Lipinski definition) is 1. The molecule has 3 aromatic rings. The van der Waals surface area contributed by atoms with Crippen molar-refractivity contribution in [2.24, 2.45) is 0 Å². The molecule has 0 aliphatic carbocycles. The fourth-order valence-corrected chi connectivity index (χ4v) is 2.29. The van der Waals surface area contributed by atoms with Gasteiger partial charge in [0.05, 0.1) is 0 Å². The van der Waals surface area contributed by atoms with Gasteiger partial charge in [-0.3, -0.25) is 0 Å². The first-order valence-corrected chi connectivity index (χ1v) is 7.44. The lowest BCUT2D eigenvalue weighted by molar-refractivity contribution is 1.11. The standard InChI is InChI=1S/C17H14BrN3/c1-12-11-16(20-15-5-3-2-4-6-15)21-17(19-12)13-7-9-14(18)10-8-13/h2-11H,1H3,(H,19,20,21). The van der Waals surface area contributed by atoms with Crippen molar-refractivity contribution >= 4 is 27.4 Å². The number of rotatable bonds is 3. The third-order valence-electron chi connectivity index (χ3n) is 3.00. The van der Waals surface area contributed by atoms with Crippen LogP contribution in [-0.2, 0) is 0 Å². The fraction of sp³-hybridized carbons (Fsp3) is 0.0588. The summed E-state index contributed by atoms with van der Waals surface area (Å²) in [7, 11) is 0. The van der Waals surface area contributed by atoms with Crippen molar-refractivity contribution in [3.63, 3.8) is 0 Å². The molecule has 0 unspecified atom stereocenters. The summed E-state index contributed by atoms with van der Waals surface area (Å²) >= 11 is 3.44. The maximum absolute atomic E-state index is 4.59. The van der Waals surface area contributed by atoms with Crippen molar-refractivity contribution < 1.29 is 0 Å². The van der Waals surface area contributed by atoms with E-state index in [0.29, 0.717) is 0 Å². The van der Waals surface area contributed by atoms with Crippen LogP contribution >= 0.6 is 15.9 Å². The first kappa shape index (κ1) is 13.8. The first-order valence-electron chi connectivity index (χ1n) is 6.64. The molecule has 3 nitrogen and oxygen atoms in total. The molecule has 0 radical (unpaired) electrons. The van der Waals surface area contributed by atoms with Crippen molar-refractivity contribution in [1.82, 2.24) is 9.97 Å². The van der Waals surface area contributed by atoms with Crippen LogP contribution in [-0.4, -0.2) is 9.97 Å². The van der Waals surface area contributed by atoms with Crippen LogP contribution in [0.5, 0.6) is 0 Å². The Kier molecular flexibility index (Phi) is 3.97. The Hall–Kier alpha value is -2.20. The van der Waals surface area contributed by atoms with Gasteiger partial charge in [-0.1, -0.05) is 46.3 Å². The summed E-state index contributed by atoms with van der Waals surface area (Å²) in [6, 6.07) is 19.9. The highest BCUT2D eigenvalue weighted by molar-refractivity contribution is 9.10. The third-order valence-corrected chi connectivity index (χ3v) is 3.53. The number of halogens is 1.